The summed E-state index contributed by atoms with van der Waals surface area (Å²) in [5, 5.41) is 9.15. The van der Waals surface area contributed by atoms with Gasteiger partial charge in [0.2, 0.25) is 0 Å². The fraction of sp³-hybridized carbons (Fsp3) is 0.636. The smallest absolute Gasteiger partial charge is 0.129 e. The Morgan fingerprint density at radius 3 is 2.60 bits per heavy atom. The van der Waals surface area contributed by atoms with Gasteiger partial charge in [-0.15, -0.1) is 0 Å². The van der Waals surface area contributed by atoms with Crippen LogP contribution in [0.15, 0.2) is 18.5 Å². The summed E-state index contributed by atoms with van der Waals surface area (Å²) in [4.78, 5) is 10.7. The number of nitrogens with zero attached hydrogens (tertiary/aromatic N) is 3. The van der Waals surface area contributed by atoms with Crippen molar-refractivity contribution in [2.24, 2.45) is 0 Å². The molecule has 1 unspecified atom stereocenters. The molecule has 2 heterocycles. The van der Waals surface area contributed by atoms with Gasteiger partial charge in [0.05, 0.1) is 6.61 Å². The molecular formula is C11H17N3O. The van der Waals surface area contributed by atoms with Crippen LogP contribution in [0.5, 0.6) is 0 Å². The monoisotopic (exact) mass is 207 g/mol. The molecule has 1 saturated heterocycles. The molecule has 0 radical (unpaired) electrons. The Bertz CT molecular complexity index is 304. The SMILES string of the molecule is CN1C(Cc2ncccn2)CC[C@H]1CO. The summed E-state index contributed by atoms with van der Waals surface area (Å²) in [5.74, 6) is 0.896. The predicted molar refractivity (Wildman–Crippen MR) is 57.4 cm³/mol. The lowest BCUT2D eigenvalue weighted by Crippen LogP contribution is -2.35. The van der Waals surface area contributed by atoms with Crippen LogP contribution in [-0.2, 0) is 6.42 Å². The van der Waals surface area contributed by atoms with E-state index in [2.05, 4.69) is 21.9 Å². The summed E-state index contributed by atoms with van der Waals surface area (Å²) in [6.07, 6.45) is 6.64. The van der Waals surface area contributed by atoms with E-state index < -0.39 is 0 Å². The predicted octanol–water partition coefficient (Wildman–Crippen LogP) is 0.474. The minimum absolute atomic E-state index is 0.253. The highest BCUT2D eigenvalue weighted by molar-refractivity contribution is 4.95. The Balaban J connectivity index is 1.96. The van der Waals surface area contributed by atoms with Crippen LogP contribution < -0.4 is 0 Å². The normalized spacial score (nSPS) is 27.1. The molecule has 1 aromatic heterocycles. The molecule has 0 bridgehead atoms. The van der Waals surface area contributed by atoms with Gasteiger partial charge >= 0.3 is 0 Å². The largest absolute Gasteiger partial charge is 0.395 e. The third kappa shape index (κ3) is 2.33. The summed E-state index contributed by atoms with van der Waals surface area (Å²) in [6.45, 7) is 0.253. The molecule has 1 aliphatic rings. The van der Waals surface area contributed by atoms with Crippen LogP contribution in [0.1, 0.15) is 18.7 Å². The first kappa shape index (κ1) is 10.5. The molecule has 0 spiro atoms. The second-order valence-corrected chi connectivity index (χ2v) is 4.10. The van der Waals surface area contributed by atoms with Crippen molar-refractivity contribution in [3.63, 3.8) is 0 Å². The van der Waals surface area contributed by atoms with Crippen molar-refractivity contribution in [3.8, 4) is 0 Å². The fourth-order valence-corrected chi connectivity index (χ4v) is 2.20. The number of aliphatic hydroxyl groups is 1. The van der Waals surface area contributed by atoms with E-state index in [1.54, 1.807) is 12.4 Å². The van der Waals surface area contributed by atoms with Gasteiger partial charge in [0.1, 0.15) is 5.82 Å². The van der Waals surface area contributed by atoms with Crippen molar-refractivity contribution < 1.29 is 5.11 Å². The number of aliphatic hydroxyl groups excluding tert-OH is 1. The molecule has 2 rings (SSSR count). The minimum atomic E-state index is 0.253. The van der Waals surface area contributed by atoms with E-state index in [0.717, 1.165) is 25.1 Å². The van der Waals surface area contributed by atoms with Crippen LogP contribution in [0.4, 0.5) is 0 Å². The van der Waals surface area contributed by atoms with Crippen LogP contribution in [-0.4, -0.2) is 45.7 Å². The van der Waals surface area contributed by atoms with Crippen molar-refractivity contribution in [3.05, 3.63) is 24.3 Å². The summed E-state index contributed by atoms with van der Waals surface area (Å²) >= 11 is 0. The molecule has 0 saturated carbocycles. The van der Waals surface area contributed by atoms with Crippen LogP contribution in [0.2, 0.25) is 0 Å². The average Bonchev–Trinajstić information content (AvgIpc) is 2.62. The number of rotatable bonds is 3. The third-order valence-corrected chi connectivity index (χ3v) is 3.23. The zero-order valence-electron chi connectivity index (χ0n) is 9.00. The van der Waals surface area contributed by atoms with Crippen LogP contribution in [0.3, 0.4) is 0 Å². The third-order valence-electron chi connectivity index (χ3n) is 3.23. The van der Waals surface area contributed by atoms with Crippen molar-refractivity contribution in [2.75, 3.05) is 13.7 Å². The van der Waals surface area contributed by atoms with E-state index in [1.807, 2.05) is 6.07 Å². The van der Waals surface area contributed by atoms with E-state index in [-0.39, 0.29) is 6.61 Å². The highest BCUT2D eigenvalue weighted by Crippen LogP contribution is 2.23. The van der Waals surface area contributed by atoms with Gasteiger partial charge < -0.3 is 5.11 Å². The maximum absolute atomic E-state index is 9.15. The van der Waals surface area contributed by atoms with Crippen LogP contribution >= 0.6 is 0 Å². The molecule has 0 amide bonds. The second-order valence-electron chi connectivity index (χ2n) is 4.10. The molecule has 1 N–H and O–H groups in total. The highest BCUT2D eigenvalue weighted by Gasteiger charge is 2.30. The molecule has 4 heteroatoms. The Morgan fingerprint density at radius 1 is 1.33 bits per heavy atom. The van der Waals surface area contributed by atoms with E-state index in [9.17, 15) is 0 Å². The van der Waals surface area contributed by atoms with E-state index in [4.69, 9.17) is 5.11 Å². The Labute approximate surface area is 90.0 Å². The molecule has 15 heavy (non-hydrogen) atoms. The first-order chi connectivity index (χ1) is 7.31. The van der Waals surface area contributed by atoms with Gasteiger partial charge in [0.15, 0.2) is 0 Å². The van der Waals surface area contributed by atoms with Gasteiger partial charge in [-0.3, -0.25) is 4.90 Å². The molecule has 1 aliphatic heterocycles. The lowest BCUT2D eigenvalue weighted by atomic mass is 10.1. The minimum Gasteiger partial charge on any atom is -0.395 e. The number of hydrogen-bond acceptors (Lipinski definition) is 4. The molecule has 4 nitrogen and oxygen atoms in total. The summed E-state index contributed by atoms with van der Waals surface area (Å²) in [6, 6.07) is 2.63. The number of aromatic nitrogens is 2. The molecule has 0 aliphatic carbocycles. The molecule has 82 valence electrons. The summed E-state index contributed by atoms with van der Waals surface area (Å²) in [5.41, 5.74) is 0. The van der Waals surface area contributed by atoms with Gasteiger partial charge in [-0.25, -0.2) is 9.97 Å². The first-order valence-corrected chi connectivity index (χ1v) is 5.40. The van der Waals surface area contributed by atoms with E-state index in [1.165, 1.54) is 0 Å². The quantitative estimate of drug-likeness (QED) is 0.783. The van der Waals surface area contributed by atoms with Crippen molar-refractivity contribution in [1.29, 1.82) is 0 Å². The molecule has 1 fully saturated rings. The average molecular weight is 207 g/mol. The van der Waals surface area contributed by atoms with Gasteiger partial charge in [-0.2, -0.15) is 0 Å². The summed E-state index contributed by atoms with van der Waals surface area (Å²) < 4.78 is 0. The molecule has 0 aromatic carbocycles. The van der Waals surface area contributed by atoms with Crippen molar-refractivity contribution in [2.45, 2.75) is 31.3 Å². The zero-order valence-corrected chi connectivity index (χ0v) is 9.00. The second kappa shape index (κ2) is 4.68. The highest BCUT2D eigenvalue weighted by atomic mass is 16.3. The zero-order chi connectivity index (χ0) is 10.7. The lowest BCUT2D eigenvalue weighted by molar-refractivity contribution is 0.154. The van der Waals surface area contributed by atoms with Gasteiger partial charge in [0.25, 0.3) is 0 Å². The van der Waals surface area contributed by atoms with Gasteiger partial charge in [-0.05, 0) is 26.0 Å². The first-order valence-electron chi connectivity index (χ1n) is 5.40. The van der Waals surface area contributed by atoms with E-state index >= 15 is 0 Å². The van der Waals surface area contributed by atoms with Crippen molar-refractivity contribution in [1.82, 2.24) is 14.9 Å². The molecule has 2 atom stereocenters. The fourth-order valence-electron chi connectivity index (χ4n) is 2.20. The maximum atomic E-state index is 9.15. The maximum Gasteiger partial charge on any atom is 0.129 e. The Kier molecular flexibility index (Phi) is 3.28. The number of hydrogen-bond donors (Lipinski definition) is 1. The van der Waals surface area contributed by atoms with Crippen molar-refractivity contribution >= 4 is 0 Å². The topological polar surface area (TPSA) is 49.2 Å². The Hall–Kier alpha value is -1.00. The molecular weight excluding hydrogens is 190 g/mol. The lowest BCUT2D eigenvalue weighted by Gasteiger charge is -2.23. The van der Waals surface area contributed by atoms with Gasteiger partial charge in [0, 0.05) is 30.9 Å². The number of likely N-dealkylation sites (tertiary alicyclic amines) is 1. The standard InChI is InChI=1S/C11H17N3O/c1-14-9(3-4-10(14)8-15)7-11-12-5-2-6-13-11/h2,5-6,9-10,15H,3-4,7-8H2,1H3/t9?,10-/m0/s1. The summed E-state index contributed by atoms with van der Waals surface area (Å²) in [7, 11) is 2.07. The van der Waals surface area contributed by atoms with E-state index in [0.29, 0.717) is 12.1 Å². The van der Waals surface area contributed by atoms with Gasteiger partial charge in [-0.1, -0.05) is 0 Å². The Morgan fingerprint density at radius 2 is 2.00 bits per heavy atom. The van der Waals surface area contributed by atoms with Crippen LogP contribution in [0, 0.1) is 0 Å². The molecule has 1 aromatic rings. The van der Waals surface area contributed by atoms with Crippen LogP contribution in [0.25, 0.3) is 0 Å². The number of likely N-dealkylation sites (N-methyl/N-ethyl adjacent to an activating group) is 1.